The minimum Gasteiger partial charge on any atom is -0.489 e. The molecule has 0 bridgehead atoms. The molecule has 166 valence electrons. The molecule has 0 aromatic heterocycles. The Balaban J connectivity index is 1.76. The Morgan fingerprint density at radius 2 is 1.87 bits per heavy atom. The van der Waals surface area contributed by atoms with Crippen molar-refractivity contribution in [2.75, 3.05) is 31.6 Å². The fourth-order valence-electron chi connectivity index (χ4n) is 3.07. The Labute approximate surface area is 181 Å². The first-order valence-electron chi connectivity index (χ1n) is 9.55. The third-order valence-corrected chi connectivity index (χ3v) is 4.84. The lowest BCUT2D eigenvalue weighted by Crippen LogP contribution is -2.38. The average Bonchev–Trinajstić information content (AvgIpc) is 2.97. The number of carbonyl (C=O) groups is 2. The summed E-state index contributed by atoms with van der Waals surface area (Å²) in [6.45, 7) is 2.20. The minimum atomic E-state index is -4.62. The van der Waals surface area contributed by atoms with Gasteiger partial charge in [0.1, 0.15) is 6.54 Å². The van der Waals surface area contributed by atoms with Crippen molar-refractivity contribution in [1.29, 1.82) is 0 Å². The van der Waals surface area contributed by atoms with Crippen LogP contribution < -0.4 is 14.8 Å². The van der Waals surface area contributed by atoms with Gasteiger partial charge in [0.05, 0.1) is 29.5 Å². The number of anilines is 1. The van der Waals surface area contributed by atoms with Gasteiger partial charge in [0.2, 0.25) is 5.91 Å². The summed E-state index contributed by atoms with van der Waals surface area (Å²) in [5.41, 5.74) is -1.16. The summed E-state index contributed by atoms with van der Waals surface area (Å²) in [7, 11) is 0. The van der Waals surface area contributed by atoms with Crippen LogP contribution in [-0.4, -0.2) is 43.0 Å². The lowest BCUT2D eigenvalue weighted by Gasteiger charge is -2.22. The molecule has 0 saturated heterocycles. The van der Waals surface area contributed by atoms with Gasteiger partial charge in [-0.15, -0.1) is 0 Å². The number of halogens is 4. The first-order valence-corrected chi connectivity index (χ1v) is 9.93. The number of nitrogens with zero attached hydrogens (tertiary/aromatic N) is 1. The number of benzene rings is 2. The Bertz CT molecular complexity index is 982. The Morgan fingerprint density at radius 3 is 2.58 bits per heavy atom. The van der Waals surface area contributed by atoms with Gasteiger partial charge in [-0.1, -0.05) is 23.7 Å². The van der Waals surface area contributed by atoms with Crippen molar-refractivity contribution < 1.29 is 32.2 Å². The zero-order chi connectivity index (χ0) is 22.6. The lowest BCUT2D eigenvalue weighted by molar-refractivity contribution is -0.137. The maximum absolute atomic E-state index is 13.1. The van der Waals surface area contributed by atoms with Crippen LogP contribution in [0.3, 0.4) is 0 Å². The molecule has 0 spiro atoms. The van der Waals surface area contributed by atoms with Gasteiger partial charge in [-0.05, 0) is 31.2 Å². The van der Waals surface area contributed by atoms with Crippen LogP contribution in [0.2, 0.25) is 5.02 Å². The summed E-state index contributed by atoms with van der Waals surface area (Å²) in [6.07, 6.45) is -3.96. The summed E-state index contributed by atoms with van der Waals surface area (Å²) < 4.78 is 50.5. The molecule has 0 atom stereocenters. The smallest absolute Gasteiger partial charge is 0.418 e. The van der Waals surface area contributed by atoms with Crippen molar-refractivity contribution >= 4 is 29.1 Å². The Hall–Kier alpha value is -2.94. The molecular weight excluding hydrogens is 437 g/mol. The summed E-state index contributed by atoms with van der Waals surface area (Å²) in [6, 6.07) is 7.54. The van der Waals surface area contributed by atoms with E-state index in [1.807, 2.05) is 0 Å². The SMILES string of the molecule is CCN(CC(=O)Nc1ccccc1C(F)(F)F)C(=O)c1cc(Cl)c2c(c1)OCCCO2. The Kier molecular flexibility index (Phi) is 6.94. The van der Waals surface area contributed by atoms with E-state index in [1.54, 1.807) is 6.92 Å². The van der Waals surface area contributed by atoms with E-state index in [0.29, 0.717) is 31.1 Å². The standard InChI is InChI=1S/C21H20ClF3N2O4/c1-2-27(12-18(28)26-16-7-4-3-6-14(16)21(23,24)25)20(29)13-10-15(22)19-17(11-13)30-8-5-9-31-19/h3-4,6-7,10-11H,2,5,8-9,12H2,1H3,(H,26,28). The minimum absolute atomic E-state index is 0.152. The van der Waals surface area contributed by atoms with Crippen molar-refractivity contribution in [2.45, 2.75) is 19.5 Å². The lowest BCUT2D eigenvalue weighted by atomic mass is 10.1. The first-order chi connectivity index (χ1) is 14.7. The van der Waals surface area contributed by atoms with Crippen molar-refractivity contribution in [3.63, 3.8) is 0 Å². The molecule has 0 fully saturated rings. The van der Waals surface area contributed by atoms with Crippen LogP contribution in [0.4, 0.5) is 18.9 Å². The first kappa shape index (κ1) is 22.7. The maximum atomic E-state index is 13.1. The fourth-order valence-corrected chi connectivity index (χ4v) is 3.33. The highest BCUT2D eigenvalue weighted by molar-refractivity contribution is 6.32. The van der Waals surface area contributed by atoms with Gasteiger partial charge in [0.15, 0.2) is 11.5 Å². The molecule has 31 heavy (non-hydrogen) atoms. The molecule has 10 heteroatoms. The van der Waals surface area contributed by atoms with E-state index in [0.717, 1.165) is 12.1 Å². The van der Waals surface area contributed by atoms with E-state index in [9.17, 15) is 22.8 Å². The summed E-state index contributed by atoms with van der Waals surface area (Å²) in [5.74, 6) is -0.597. The number of alkyl halides is 3. The number of fused-ring (bicyclic) bond motifs is 1. The van der Waals surface area contributed by atoms with Crippen LogP contribution in [0.5, 0.6) is 11.5 Å². The van der Waals surface area contributed by atoms with Crippen LogP contribution in [0.15, 0.2) is 36.4 Å². The van der Waals surface area contributed by atoms with Gasteiger partial charge in [-0.2, -0.15) is 13.2 Å². The number of carbonyl (C=O) groups excluding carboxylic acids is 2. The number of ether oxygens (including phenoxy) is 2. The van der Waals surface area contributed by atoms with Gasteiger partial charge < -0.3 is 19.7 Å². The van der Waals surface area contributed by atoms with Crippen molar-refractivity contribution in [3.05, 3.63) is 52.5 Å². The molecule has 0 saturated carbocycles. The van der Waals surface area contributed by atoms with E-state index in [2.05, 4.69) is 5.32 Å². The molecule has 1 aliphatic heterocycles. The van der Waals surface area contributed by atoms with E-state index < -0.39 is 30.1 Å². The number of nitrogens with one attached hydrogen (secondary N) is 1. The van der Waals surface area contributed by atoms with Crippen molar-refractivity contribution in [1.82, 2.24) is 4.90 Å². The number of amides is 2. The number of para-hydroxylation sites is 1. The van der Waals surface area contributed by atoms with Gasteiger partial charge in [0, 0.05) is 18.5 Å². The molecule has 0 aliphatic carbocycles. The van der Waals surface area contributed by atoms with E-state index >= 15 is 0 Å². The largest absolute Gasteiger partial charge is 0.489 e. The van der Waals surface area contributed by atoms with Crippen LogP contribution in [0.25, 0.3) is 0 Å². The van der Waals surface area contributed by atoms with Crippen LogP contribution in [-0.2, 0) is 11.0 Å². The van der Waals surface area contributed by atoms with Crippen LogP contribution >= 0.6 is 11.6 Å². The highest BCUT2D eigenvalue weighted by Crippen LogP contribution is 2.38. The third kappa shape index (κ3) is 5.41. The summed E-state index contributed by atoms with van der Waals surface area (Å²) >= 11 is 6.22. The van der Waals surface area contributed by atoms with Gasteiger partial charge in [-0.3, -0.25) is 9.59 Å². The summed E-state index contributed by atoms with van der Waals surface area (Å²) in [5, 5.41) is 2.43. The fraction of sp³-hybridized carbons (Fsp3) is 0.333. The predicted molar refractivity (Wildman–Crippen MR) is 109 cm³/mol. The zero-order valence-electron chi connectivity index (χ0n) is 16.6. The van der Waals surface area contributed by atoms with Crippen LogP contribution in [0.1, 0.15) is 29.3 Å². The summed E-state index contributed by atoms with van der Waals surface area (Å²) in [4.78, 5) is 26.5. The highest BCUT2D eigenvalue weighted by Gasteiger charge is 2.33. The maximum Gasteiger partial charge on any atom is 0.418 e. The number of hydrogen-bond donors (Lipinski definition) is 1. The number of likely N-dealkylation sites (N-methyl/N-ethyl adjacent to an activating group) is 1. The van der Waals surface area contributed by atoms with E-state index in [4.69, 9.17) is 21.1 Å². The number of rotatable bonds is 5. The van der Waals surface area contributed by atoms with Gasteiger partial charge in [-0.25, -0.2) is 0 Å². The van der Waals surface area contributed by atoms with E-state index in [1.165, 1.54) is 29.2 Å². The molecule has 2 aromatic carbocycles. The molecular formula is C21H20ClF3N2O4. The monoisotopic (exact) mass is 456 g/mol. The second-order valence-corrected chi connectivity index (χ2v) is 7.15. The predicted octanol–water partition coefficient (Wildman–Crippen LogP) is 4.62. The third-order valence-electron chi connectivity index (χ3n) is 4.56. The normalized spacial score (nSPS) is 13.3. The molecule has 1 N–H and O–H groups in total. The molecule has 2 amide bonds. The van der Waals surface area contributed by atoms with Crippen molar-refractivity contribution in [3.8, 4) is 11.5 Å². The Morgan fingerprint density at radius 1 is 1.16 bits per heavy atom. The molecule has 0 radical (unpaired) electrons. The van der Waals surface area contributed by atoms with Gasteiger partial charge >= 0.3 is 6.18 Å². The molecule has 6 nitrogen and oxygen atoms in total. The zero-order valence-corrected chi connectivity index (χ0v) is 17.3. The molecule has 3 rings (SSSR count). The molecule has 0 unspecified atom stereocenters. The number of hydrogen-bond acceptors (Lipinski definition) is 4. The average molecular weight is 457 g/mol. The quantitative estimate of drug-likeness (QED) is 0.713. The van der Waals surface area contributed by atoms with Gasteiger partial charge in [0.25, 0.3) is 5.91 Å². The second kappa shape index (κ2) is 9.47. The van der Waals surface area contributed by atoms with Crippen LogP contribution in [0, 0.1) is 0 Å². The van der Waals surface area contributed by atoms with Crippen molar-refractivity contribution in [2.24, 2.45) is 0 Å². The molecule has 1 heterocycles. The molecule has 2 aromatic rings. The molecule has 1 aliphatic rings. The van der Waals surface area contributed by atoms with E-state index in [-0.39, 0.29) is 22.8 Å². The second-order valence-electron chi connectivity index (χ2n) is 6.75. The topological polar surface area (TPSA) is 67.9 Å². The highest BCUT2D eigenvalue weighted by atomic mass is 35.5.